The number of benzene rings is 1. The monoisotopic (exact) mass is 369 g/mol. The van der Waals surface area contributed by atoms with Gasteiger partial charge in [-0.1, -0.05) is 6.07 Å². The molecule has 0 radical (unpaired) electrons. The van der Waals surface area contributed by atoms with Crippen molar-refractivity contribution in [2.75, 3.05) is 17.6 Å². The van der Waals surface area contributed by atoms with Gasteiger partial charge in [-0.15, -0.1) is 0 Å². The largest absolute Gasteiger partial charge is 0.480 e. The molecule has 9 heteroatoms. The average Bonchev–Trinajstić information content (AvgIpc) is 2.68. The lowest BCUT2D eigenvalue weighted by atomic mass is 10.0. The van der Waals surface area contributed by atoms with E-state index in [1.807, 2.05) is 0 Å². The van der Waals surface area contributed by atoms with E-state index >= 15 is 0 Å². The van der Waals surface area contributed by atoms with Crippen LogP contribution >= 0.6 is 0 Å². The Morgan fingerprint density at radius 1 is 1.19 bits per heavy atom. The summed E-state index contributed by atoms with van der Waals surface area (Å²) >= 11 is 0. The van der Waals surface area contributed by atoms with E-state index in [2.05, 4.69) is 15.3 Å². The van der Waals surface area contributed by atoms with E-state index in [9.17, 15) is 19.5 Å². The molecule has 27 heavy (non-hydrogen) atoms. The van der Waals surface area contributed by atoms with Gasteiger partial charge in [0.1, 0.15) is 6.04 Å². The minimum Gasteiger partial charge on any atom is -0.480 e. The molecule has 1 saturated heterocycles. The summed E-state index contributed by atoms with van der Waals surface area (Å²) in [5, 5.41) is 12.0. The Balaban J connectivity index is 1.79. The number of carboxylic acid groups (broad SMARTS) is 1. The second kappa shape index (κ2) is 7.81. The zero-order valence-corrected chi connectivity index (χ0v) is 14.5. The number of carbonyl (C=O) groups excluding carboxylic acids is 2. The fraction of sp³-hybridized carbons (Fsp3) is 0.278. The van der Waals surface area contributed by atoms with Crippen LogP contribution in [0.25, 0.3) is 0 Å². The molecule has 1 aromatic heterocycles. The number of piperidine rings is 1. The molecule has 1 aliphatic rings. The molecule has 0 aliphatic carbocycles. The third kappa shape index (κ3) is 4.02. The van der Waals surface area contributed by atoms with Crippen LogP contribution in [0.2, 0.25) is 0 Å². The lowest BCUT2D eigenvalue weighted by Crippen LogP contribution is -2.48. The van der Waals surface area contributed by atoms with Gasteiger partial charge in [-0.05, 0) is 37.5 Å². The van der Waals surface area contributed by atoms with Crippen molar-refractivity contribution in [1.82, 2.24) is 14.9 Å². The molecule has 0 saturated carbocycles. The van der Waals surface area contributed by atoms with Crippen LogP contribution in [0.4, 0.5) is 11.5 Å². The Morgan fingerprint density at radius 2 is 1.96 bits per heavy atom. The third-order valence-electron chi connectivity index (χ3n) is 4.36. The number of nitrogens with two attached hydrogens (primary N) is 1. The third-order valence-corrected chi connectivity index (χ3v) is 4.36. The molecule has 1 atom stereocenters. The maximum atomic E-state index is 12.8. The molecular formula is C18H19N5O4. The maximum absolute atomic E-state index is 12.8. The van der Waals surface area contributed by atoms with Crippen molar-refractivity contribution in [2.45, 2.75) is 25.3 Å². The molecule has 9 nitrogen and oxygen atoms in total. The van der Waals surface area contributed by atoms with E-state index in [0.29, 0.717) is 24.2 Å². The van der Waals surface area contributed by atoms with E-state index in [1.54, 1.807) is 18.2 Å². The van der Waals surface area contributed by atoms with Crippen molar-refractivity contribution in [3.8, 4) is 0 Å². The summed E-state index contributed by atoms with van der Waals surface area (Å²) in [6, 6.07) is 5.49. The highest BCUT2D eigenvalue weighted by Gasteiger charge is 2.32. The van der Waals surface area contributed by atoms with Crippen molar-refractivity contribution in [3.05, 3.63) is 47.9 Å². The Labute approximate surface area is 155 Å². The standard InChI is InChI=1S/C18H19N5O4/c19-15-14(20-7-8-21-15)16(24)22-12-5-3-4-11(10-12)17(25)23-9-2-1-6-13(23)18(26)27/h3-5,7-8,10,13H,1-2,6,9H2,(H2,19,21)(H,22,24)(H,26,27). The fourth-order valence-corrected chi connectivity index (χ4v) is 3.04. The quantitative estimate of drug-likeness (QED) is 0.740. The van der Waals surface area contributed by atoms with Crippen LogP contribution in [-0.2, 0) is 4.79 Å². The van der Waals surface area contributed by atoms with Gasteiger partial charge in [-0.25, -0.2) is 14.8 Å². The van der Waals surface area contributed by atoms with Crippen molar-refractivity contribution in [3.63, 3.8) is 0 Å². The van der Waals surface area contributed by atoms with Gasteiger partial charge in [0.05, 0.1) is 0 Å². The van der Waals surface area contributed by atoms with Crippen LogP contribution in [0.1, 0.15) is 40.1 Å². The number of aromatic nitrogens is 2. The van der Waals surface area contributed by atoms with Gasteiger partial charge >= 0.3 is 5.97 Å². The molecule has 1 unspecified atom stereocenters. The minimum atomic E-state index is -1.01. The molecule has 1 aliphatic heterocycles. The first-order valence-electron chi connectivity index (χ1n) is 8.49. The lowest BCUT2D eigenvalue weighted by molar-refractivity contribution is -0.143. The fourth-order valence-electron chi connectivity index (χ4n) is 3.04. The molecule has 0 bridgehead atoms. The van der Waals surface area contributed by atoms with Gasteiger partial charge < -0.3 is 21.1 Å². The van der Waals surface area contributed by atoms with Crippen LogP contribution in [0.5, 0.6) is 0 Å². The number of nitrogens with zero attached hydrogens (tertiary/aromatic N) is 3. The number of anilines is 2. The van der Waals surface area contributed by atoms with Gasteiger partial charge in [0.25, 0.3) is 11.8 Å². The molecule has 2 aromatic rings. The number of likely N-dealkylation sites (tertiary alicyclic amines) is 1. The number of aliphatic carboxylic acids is 1. The van der Waals surface area contributed by atoms with E-state index in [0.717, 1.165) is 12.8 Å². The summed E-state index contributed by atoms with van der Waals surface area (Å²) < 4.78 is 0. The van der Waals surface area contributed by atoms with Crippen LogP contribution in [0.15, 0.2) is 36.7 Å². The predicted molar refractivity (Wildman–Crippen MR) is 97.2 cm³/mol. The molecule has 2 heterocycles. The molecule has 0 spiro atoms. The smallest absolute Gasteiger partial charge is 0.326 e. The summed E-state index contributed by atoms with van der Waals surface area (Å²) in [7, 11) is 0. The van der Waals surface area contributed by atoms with Crippen LogP contribution in [-0.4, -0.2) is 50.3 Å². The lowest BCUT2D eigenvalue weighted by Gasteiger charge is -2.33. The second-order valence-electron chi connectivity index (χ2n) is 6.17. The number of rotatable bonds is 4. The zero-order chi connectivity index (χ0) is 19.4. The number of nitrogen functional groups attached to an aromatic ring is 1. The first-order chi connectivity index (χ1) is 13.0. The predicted octanol–water partition coefficient (Wildman–Crippen LogP) is 1.39. The zero-order valence-electron chi connectivity index (χ0n) is 14.5. The SMILES string of the molecule is Nc1nccnc1C(=O)Nc1cccc(C(=O)N2CCCCC2C(=O)O)c1. The maximum Gasteiger partial charge on any atom is 0.326 e. The van der Waals surface area contributed by atoms with Crippen LogP contribution in [0, 0.1) is 0 Å². The van der Waals surface area contributed by atoms with Gasteiger partial charge in [0, 0.05) is 30.2 Å². The summed E-state index contributed by atoms with van der Waals surface area (Å²) in [6.07, 6.45) is 4.70. The van der Waals surface area contributed by atoms with Gasteiger partial charge in [0.15, 0.2) is 11.5 Å². The van der Waals surface area contributed by atoms with Crippen molar-refractivity contribution < 1.29 is 19.5 Å². The summed E-state index contributed by atoms with van der Waals surface area (Å²) in [5.41, 5.74) is 6.30. The number of amides is 2. The summed E-state index contributed by atoms with van der Waals surface area (Å²) in [4.78, 5) is 45.6. The number of carbonyl (C=O) groups is 3. The first-order valence-corrected chi connectivity index (χ1v) is 8.49. The highest BCUT2D eigenvalue weighted by molar-refractivity contribution is 6.06. The average molecular weight is 369 g/mol. The second-order valence-corrected chi connectivity index (χ2v) is 6.17. The Hall–Kier alpha value is -3.49. The topological polar surface area (TPSA) is 139 Å². The van der Waals surface area contributed by atoms with E-state index in [4.69, 9.17) is 5.73 Å². The highest BCUT2D eigenvalue weighted by atomic mass is 16.4. The Bertz CT molecular complexity index is 886. The van der Waals surface area contributed by atoms with Gasteiger partial charge in [-0.2, -0.15) is 0 Å². The first kappa shape index (κ1) is 18.3. The summed E-state index contributed by atoms with van der Waals surface area (Å²) in [6.45, 7) is 0.391. The van der Waals surface area contributed by atoms with Gasteiger partial charge in [0.2, 0.25) is 0 Å². The molecule has 1 aromatic carbocycles. The highest BCUT2D eigenvalue weighted by Crippen LogP contribution is 2.21. The normalized spacial score (nSPS) is 16.6. The Morgan fingerprint density at radius 3 is 2.70 bits per heavy atom. The van der Waals surface area contributed by atoms with E-state index < -0.39 is 17.9 Å². The Kier molecular flexibility index (Phi) is 5.30. The van der Waals surface area contributed by atoms with E-state index in [-0.39, 0.29) is 17.4 Å². The van der Waals surface area contributed by atoms with Crippen molar-refractivity contribution >= 4 is 29.3 Å². The minimum absolute atomic E-state index is 0.000141. The van der Waals surface area contributed by atoms with Gasteiger partial charge in [-0.3, -0.25) is 9.59 Å². The van der Waals surface area contributed by atoms with Crippen LogP contribution in [0.3, 0.4) is 0 Å². The molecule has 4 N–H and O–H groups in total. The summed E-state index contributed by atoms with van der Waals surface area (Å²) in [5.74, 6) is -1.94. The van der Waals surface area contributed by atoms with Crippen molar-refractivity contribution in [1.29, 1.82) is 0 Å². The number of hydrogen-bond acceptors (Lipinski definition) is 6. The molecule has 1 fully saturated rings. The molecule has 2 amide bonds. The molecule has 3 rings (SSSR count). The molecule has 140 valence electrons. The number of nitrogens with one attached hydrogen (secondary N) is 1. The number of carboxylic acids is 1. The number of hydrogen-bond donors (Lipinski definition) is 3. The van der Waals surface area contributed by atoms with Crippen molar-refractivity contribution in [2.24, 2.45) is 0 Å². The van der Waals surface area contributed by atoms with Crippen LogP contribution < -0.4 is 11.1 Å². The molecular weight excluding hydrogens is 350 g/mol. The van der Waals surface area contributed by atoms with E-state index in [1.165, 1.54) is 23.4 Å².